The summed E-state index contributed by atoms with van der Waals surface area (Å²) >= 11 is 1.35. The Morgan fingerprint density at radius 3 is 2.95 bits per heavy atom. The van der Waals surface area contributed by atoms with E-state index >= 15 is 0 Å². The number of rotatable bonds is 6. The highest BCUT2D eigenvalue weighted by atomic mass is 32.2. The summed E-state index contributed by atoms with van der Waals surface area (Å²) in [5.74, 6) is -0.0112. The zero-order valence-electron chi connectivity index (χ0n) is 10.4. The molecule has 0 aliphatic carbocycles. The van der Waals surface area contributed by atoms with E-state index in [0.717, 1.165) is 23.4 Å². The van der Waals surface area contributed by atoms with Crippen LogP contribution in [0.1, 0.15) is 22.3 Å². The van der Waals surface area contributed by atoms with Crippen molar-refractivity contribution in [1.82, 2.24) is 0 Å². The van der Waals surface area contributed by atoms with Gasteiger partial charge < -0.3 is 10.4 Å². The van der Waals surface area contributed by atoms with Gasteiger partial charge in [-0.25, -0.2) is 0 Å². The Kier molecular flexibility index (Phi) is 4.27. The molecule has 2 N–H and O–H groups in total. The molecule has 4 nitrogen and oxygen atoms in total. The molecule has 1 aromatic rings. The first-order chi connectivity index (χ1) is 9.06. The van der Waals surface area contributed by atoms with Crippen molar-refractivity contribution >= 4 is 29.2 Å². The van der Waals surface area contributed by atoms with Gasteiger partial charge in [-0.1, -0.05) is 6.58 Å². The van der Waals surface area contributed by atoms with Crippen LogP contribution in [0.25, 0.3) is 0 Å². The lowest BCUT2D eigenvalue weighted by molar-refractivity contribution is -0.136. The van der Waals surface area contributed by atoms with Crippen LogP contribution in [0.15, 0.2) is 30.5 Å². The Bertz CT molecular complexity index is 539. The molecule has 0 amide bonds. The summed E-state index contributed by atoms with van der Waals surface area (Å²) in [6.45, 7) is 3.86. The first kappa shape index (κ1) is 13.7. The van der Waals surface area contributed by atoms with Gasteiger partial charge in [0.15, 0.2) is 5.78 Å². The molecule has 0 aromatic heterocycles. The number of allylic oxidation sites excluding steroid dienone is 1. The third-order valence-corrected chi connectivity index (χ3v) is 3.80. The van der Waals surface area contributed by atoms with Crippen molar-refractivity contribution in [2.75, 3.05) is 16.8 Å². The van der Waals surface area contributed by atoms with E-state index in [2.05, 4.69) is 11.9 Å². The highest BCUT2D eigenvalue weighted by molar-refractivity contribution is 8.00. The van der Waals surface area contributed by atoms with Crippen LogP contribution >= 0.6 is 11.8 Å². The van der Waals surface area contributed by atoms with Crippen LogP contribution in [0.3, 0.4) is 0 Å². The Balaban J connectivity index is 1.91. The standard InChI is InChI=1S/C14H15NO3S/c1-9-6-11-7-10(2-3-12(11)15-9)13(16)8-19-5-4-14(17)18/h2-3,7,15H,1,4-6,8H2,(H,17,18). The summed E-state index contributed by atoms with van der Waals surface area (Å²) in [7, 11) is 0. The fraction of sp³-hybridized carbons (Fsp3) is 0.286. The van der Waals surface area contributed by atoms with E-state index in [-0.39, 0.29) is 12.2 Å². The van der Waals surface area contributed by atoms with E-state index in [1.165, 1.54) is 11.8 Å². The molecule has 1 heterocycles. The fourth-order valence-electron chi connectivity index (χ4n) is 1.91. The minimum Gasteiger partial charge on any atom is -0.481 e. The molecule has 0 bridgehead atoms. The number of benzene rings is 1. The summed E-state index contributed by atoms with van der Waals surface area (Å²) in [4.78, 5) is 22.3. The number of carbonyl (C=O) groups is 2. The van der Waals surface area contributed by atoms with Gasteiger partial charge >= 0.3 is 5.97 Å². The number of thioether (sulfide) groups is 1. The van der Waals surface area contributed by atoms with Gasteiger partial charge in [0.1, 0.15) is 0 Å². The minimum atomic E-state index is -0.831. The maximum Gasteiger partial charge on any atom is 0.304 e. The summed E-state index contributed by atoms with van der Waals surface area (Å²) in [6, 6.07) is 5.58. The van der Waals surface area contributed by atoms with E-state index in [1.807, 2.05) is 12.1 Å². The number of carboxylic acid groups (broad SMARTS) is 1. The number of ketones is 1. The normalized spacial score (nSPS) is 12.9. The molecule has 1 aliphatic rings. The van der Waals surface area contributed by atoms with Crippen LogP contribution in [-0.4, -0.2) is 28.4 Å². The molecule has 0 fully saturated rings. The number of nitrogens with one attached hydrogen (secondary N) is 1. The first-order valence-corrected chi connectivity index (χ1v) is 7.12. The van der Waals surface area contributed by atoms with Crippen molar-refractivity contribution in [3.05, 3.63) is 41.6 Å². The van der Waals surface area contributed by atoms with Crippen LogP contribution in [0.4, 0.5) is 5.69 Å². The topological polar surface area (TPSA) is 66.4 Å². The quantitative estimate of drug-likeness (QED) is 0.618. The molecule has 0 unspecified atom stereocenters. The molecular weight excluding hydrogens is 262 g/mol. The van der Waals surface area contributed by atoms with Crippen molar-refractivity contribution in [3.63, 3.8) is 0 Å². The van der Waals surface area contributed by atoms with Gasteiger partial charge in [0.25, 0.3) is 0 Å². The SMILES string of the molecule is C=C1Cc2cc(C(=O)CSCCC(=O)O)ccc2N1. The molecular formula is C14H15NO3S. The second kappa shape index (κ2) is 5.93. The van der Waals surface area contributed by atoms with Crippen LogP contribution in [0.5, 0.6) is 0 Å². The Morgan fingerprint density at radius 2 is 2.21 bits per heavy atom. The van der Waals surface area contributed by atoms with Gasteiger partial charge in [-0.05, 0) is 23.8 Å². The number of hydrogen-bond acceptors (Lipinski definition) is 4. The maximum absolute atomic E-state index is 12.0. The number of anilines is 1. The van der Waals surface area contributed by atoms with E-state index in [4.69, 9.17) is 5.11 Å². The third kappa shape index (κ3) is 3.61. The van der Waals surface area contributed by atoms with Crippen molar-refractivity contribution in [1.29, 1.82) is 0 Å². The lowest BCUT2D eigenvalue weighted by Gasteiger charge is -2.03. The molecule has 1 aliphatic heterocycles. The van der Waals surface area contributed by atoms with E-state index < -0.39 is 5.97 Å². The Hall–Kier alpha value is -1.75. The molecule has 100 valence electrons. The van der Waals surface area contributed by atoms with E-state index in [9.17, 15) is 9.59 Å². The summed E-state index contributed by atoms with van der Waals surface area (Å²) in [6.07, 6.45) is 0.842. The van der Waals surface area contributed by atoms with E-state index in [0.29, 0.717) is 17.1 Å². The Morgan fingerprint density at radius 1 is 1.42 bits per heavy atom. The molecule has 0 spiro atoms. The first-order valence-electron chi connectivity index (χ1n) is 5.97. The zero-order chi connectivity index (χ0) is 13.8. The van der Waals surface area contributed by atoms with Crippen molar-refractivity contribution < 1.29 is 14.7 Å². The maximum atomic E-state index is 12.0. The molecule has 0 atom stereocenters. The molecule has 1 aromatic carbocycles. The predicted molar refractivity (Wildman–Crippen MR) is 76.8 cm³/mol. The van der Waals surface area contributed by atoms with Crippen molar-refractivity contribution in [3.8, 4) is 0 Å². The second-order valence-electron chi connectivity index (χ2n) is 4.40. The van der Waals surface area contributed by atoms with Crippen molar-refractivity contribution in [2.45, 2.75) is 12.8 Å². The number of Topliss-reactive ketones (excluding diaryl/α,β-unsaturated/α-hetero) is 1. The third-order valence-electron chi connectivity index (χ3n) is 2.84. The minimum absolute atomic E-state index is 0.0377. The van der Waals surface area contributed by atoms with Crippen LogP contribution < -0.4 is 5.32 Å². The number of fused-ring (bicyclic) bond motifs is 1. The summed E-state index contributed by atoms with van der Waals surface area (Å²) in [5, 5.41) is 11.7. The van der Waals surface area contributed by atoms with Gasteiger partial charge in [-0.3, -0.25) is 9.59 Å². The van der Waals surface area contributed by atoms with E-state index in [1.54, 1.807) is 6.07 Å². The fourth-order valence-corrected chi connectivity index (χ4v) is 2.72. The summed E-state index contributed by atoms with van der Waals surface area (Å²) in [5.41, 5.74) is 3.72. The zero-order valence-corrected chi connectivity index (χ0v) is 11.3. The van der Waals surface area contributed by atoms with Crippen molar-refractivity contribution in [2.24, 2.45) is 0 Å². The van der Waals surface area contributed by atoms with Gasteiger partial charge in [-0.2, -0.15) is 11.8 Å². The lowest BCUT2D eigenvalue weighted by Crippen LogP contribution is -2.05. The highest BCUT2D eigenvalue weighted by Gasteiger charge is 2.15. The number of hydrogen-bond donors (Lipinski definition) is 2. The number of carbonyl (C=O) groups excluding carboxylic acids is 1. The molecule has 0 saturated heterocycles. The summed E-state index contributed by atoms with van der Waals surface area (Å²) < 4.78 is 0. The van der Waals surface area contributed by atoms with Gasteiger partial charge in [0, 0.05) is 29.1 Å². The number of aliphatic carboxylic acids is 1. The molecule has 0 radical (unpaired) electrons. The highest BCUT2D eigenvalue weighted by Crippen LogP contribution is 2.28. The average Bonchev–Trinajstić information content (AvgIpc) is 2.73. The van der Waals surface area contributed by atoms with Gasteiger partial charge in [-0.15, -0.1) is 0 Å². The second-order valence-corrected chi connectivity index (χ2v) is 5.50. The monoisotopic (exact) mass is 277 g/mol. The molecule has 2 rings (SSSR count). The largest absolute Gasteiger partial charge is 0.481 e. The van der Waals surface area contributed by atoms with Crippen LogP contribution in [-0.2, 0) is 11.2 Å². The molecule has 0 saturated carbocycles. The lowest BCUT2D eigenvalue weighted by atomic mass is 10.1. The van der Waals surface area contributed by atoms with Crippen LogP contribution in [0.2, 0.25) is 0 Å². The predicted octanol–water partition coefficient (Wildman–Crippen LogP) is 2.56. The van der Waals surface area contributed by atoms with Gasteiger partial charge in [0.2, 0.25) is 0 Å². The average molecular weight is 277 g/mol. The number of carboxylic acids is 1. The smallest absolute Gasteiger partial charge is 0.304 e. The molecule has 5 heteroatoms. The Labute approximate surface area is 115 Å². The van der Waals surface area contributed by atoms with Crippen LogP contribution in [0, 0.1) is 0 Å². The molecule has 19 heavy (non-hydrogen) atoms. The van der Waals surface area contributed by atoms with Gasteiger partial charge in [0.05, 0.1) is 12.2 Å².